The lowest BCUT2D eigenvalue weighted by Crippen LogP contribution is -2.36. The molecule has 1 amide bonds. The number of pyridine rings is 1. The first-order chi connectivity index (χ1) is 12.2. The number of carbonyl (C=O) groups excluding carboxylic acids is 1. The number of thiophene rings is 1. The van der Waals surface area contributed by atoms with E-state index >= 15 is 0 Å². The van der Waals surface area contributed by atoms with Gasteiger partial charge in [-0.15, -0.1) is 11.3 Å². The van der Waals surface area contributed by atoms with Crippen LogP contribution >= 0.6 is 11.3 Å². The van der Waals surface area contributed by atoms with E-state index in [1.54, 1.807) is 23.6 Å². The summed E-state index contributed by atoms with van der Waals surface area (Å²) in [4.78, 5) is 24.7. The Kier molecular flexibility index (Phi) is 5.57. The number of fused-ring (bicyclic) bond motifs is 1. The van der Waals surface area contributed by atoms with E-state index in [2.05, 4.69) is 10.3 Å². The first kappa shape index (κ1) is 19.3. The predicted molar refractivity (Wildman–Crippen MR) is 94.6 cm³/mol. The van der Waals surface area contributed by atoms with Gasteiger partial charge in [-0.25, -0.2) is 13.4 Å². The van der Waals surface area contributed by atoms with Crippen molar-refractivity contribution in [1.82, 2.24) is 9.29 Å². The molecule has 0 bridgehead atoms. The van der Waals surface area contributed by atoms with Crippen LogP contribution in [0.25, 0.3) is 5.76 Å². The Morgan fingerprint density at radius 2 is 2.04 bits per heavy atom. The number of hydrogen-bond donors (Lipinski definition) is 2. The van der Waals surface area contributed by atoms with Crippen molar-refractivity contribution >= 4 is 38.8 Å². The van der Waals surface area contributed by atoms with Crippen molar-refractivity contribution < 1.29 is 23.2 Å². The third-order valence-electron chi connectivity index (χ3n) is 3.14. The van der Waals surface area contributed by atoms with Crippen LogP contribution in [0.1, 0.15) is 4.88 Å². The molecule has 1 aliphatic rings. The minimum absolute atomic E-state index is 0.00751. The highest BCUT2D eigenvalue weighted by Crippen LogP contribution is 2.38. The zero-order valence-corrected chi connectivity index (χ0v) is 15.2. The molecule has 12 heteroatoms. The van der Waals surface area contributed by atoms with Gasteiger partial charge in [0.05, 0.1) is 4.88 Å². The SMILES string of the molecule is CN1C(C(=O)Nc2ccccn2)=C(O)c2sccc2S1(=O)=O.C[N+](=O)[O-]. The van der Waals surface area contributed by atoms with Crippen molar-refractivity contribution in [3.05, 3.63) is 56.5 Å². The molecule has 2 aromatic heterocycles. The number of nitrogens with zero attached hydrogens (tertiary/aromatic N) is 3. The van der Waals surface area contributed by atoms with Gasteiger partial charge >= 0.3 is 0 Å². The topological polar surface area (TPSA) is 143 Å². The van der Waals surface area contributed by atoms with Crippen LogP contribution in [0.15, 0.2) is 46.4 Å². The van der Waals surface area contributed by atoms with Gasteiger partial charge in [-0.3, -0.25) is 19.2 Å². The highest BCUT2D eigenvalue weighted by molar-refractivity contribution is 7.89. The second kappa shape index (κ2) is 7.49. The summed E-state index contributed by atoms with van der Waals surface area (Å²) in [6.07, 6.45) is 1.49. The third-order valence-corrected chi connectivity index (χ3v) is 5.99. The maximum Gasteiger partial charge on any atom is 0.278 e. The molecule has 0 radical (unpaired) electrons. The fraction of sp³-hybridized carbons (Fsp3) is 0.143. The number of nitrogens with one attached hydrogen (secondary N) is 1. The Labute approximate surface area is 152 Å². The molecule has 1 aliphatic heterocycles. The lowest BCUT2D eigenvalue weighted by atomic mass is 10.3. The van der Waals surface area contributed by atoms with Crippen molar-refractivity contribution in [2.75, 3.05) is 19.4 Å². The average molecular weight is 398 g/mol. The van der Waals surface area contributed by atoms with Gasteiger partial charge < -0.3 is 10.4 Å². The van der Waals surface area contributed by atoms with Crippen LogP contribution in [0, 0.1) is 10.1 Å². The molecule has 0 saturated heterocycles. The van der Waals surface area contributed by atoms with Crippen LogP contribution in [-0.4, -0.2) is 47.7 Å². The molecular formula is C14H14N4O6S2. The van der Waals surface area contributed by atoms with Crippen molar-refractivity contribution in [1.29, 1.82) is 0 Å². The molecule has 0 unspecified atom stereocenters. The summed E-state index contributed by atoms with van der Waals surface area (Å²) in [6.45, 7) is 0. The molecule has 2 aromatic rings. The molecule has 138 valence electrons. The Bertz CT molecular complexity index is 964. The second-order valence-electron chi connectivity index (χ2n) is 4.89. The Hall–Kier alpha value is -2.99. The third kappa shape index (κ3) is 3.81. The first-order valence-corrected chi connectivity index (χ1v) is 9.28. The normalized spacial score (nSPS) is 14.8. The number of amides is 1. The van der Waals surface area contributed by atoms with Gasteiger partial charge in [-0.05, 0) is 23.6 Å². The molecule has 0 aromatic carbocycles. The number of carbonyl (C=O) groups is 1. The minimum atomic E-state index is -3.85. The van der Waals surface area contributed by atoms with Gasteiger partial charge in [-0.1, -0.05) is 6.07 Å². The standard InChI is InChI=1S/C13H11N3O4S2.CH3NO2/c1-16-10(13(18)15-9-4-2-3-6-14-9)11(17)12-8(5-7-21-12)22(16,19)20;1-2(3)4/h2-7,17H,1H3,(H,14,15,18);1H3. The van der Waals surface area contributed by atoms with Crippen LogP contribution in [0.2, 0.25) is 0 Å². The van der Waals surface area contributed by atoms with Crippen molar-refractivity contribution in [2.45, 2.75) is 4.90 Å². The minimum Gasteiger partial charge on any atom is -0.504 e. The van der Waals surface area contributed by atoms with Crippen LogP contribution in [0.5, 0.6) is 0 Å². The van der Waals surface area contributed by atoms with E-state index in [0.717, 1.165) is 22.7 Å². The first-order valence-electron chi connectivity index (χ1n) is 6.96. The Morgan fingerprint density at radius 3 is 2.62 bits per heavy atom. The number of likely N-dealkylation sites (N-methyl/N-ethyl adjacent to an activating group) is 1. The average Bonchev–Trinajstić information content (AvgIpc) is 3.05. The molecule has 26 heavy (non-hydrogen) atoms. The predicted octanol–water partition coefficient (Wildman–Crippen LogP) is 1.54. The second-order valence-corrected chi connectivity index (χ2v) is 7.75. The molecule has 0 atom stereocenters. The quantitative estimate of drug-likeness (QED) is 0.577. The maximum atomic E-state index is 12.4. The monoisotopic (exact) mass is 398 g/mol. The summed E-state index contributed by atoms with van der Waals surface area (Å²) in [6, 6.07) is 6.32. The summed E-state index contributed by atoms with van der Waals surface area (Å²) < 4.78 is 25.5. The molecule has 0 saturated carbocycles. The number of aliphatic hydroxyl groups is 1. The number of aliphatic hydroxyl groups excluding tert-OH is 1. The van der Waals surface area contributed by atoms with Crippen molar-refractivity contribution in [3.63, 3.8) is 0 Å². The largest absolute Gasteiger partial charge is 0.504 e. The molecule has 3 rings (SSSR count). The summed E-state index contributed by atoms with van der Waals surface area (Å²) in [5, 5.41) is 23.1. The van der Waals surface area contributed by atoms with Gasteiger partial charge in [0.1, 0.15) is 10.7 Å². The maximum absolute atomic E-state index is 12.4. The number of anilines is 1. The molecule has 10 nitrogen and oxygen atoms in total. The van der Waals surface area contributed by atoms with E-state index in [9.17, 15) is 18.3 Å². The van der Waals surface area contributed by atoms with Gasteiger partial charge in [0, 0.05) is 18.2 Å². The van der Waals surface area contributed by atoms with Gasteiger partial charge in [0.15, 0.2) is 18.5 Å². The summed E-state index contributed by atoms with van der Waals surface area (Å²) in [7, 11) is -1.74. The van der Waals surface area contributed by atoms with Gasteiger partial charge in [0.2, 0.25) is 0 Å². The fourth-order valence-electron chi connectivity index (χ4n) is 2.06. The summed E-state index contributed by atoms with van der Waals surface area (Å²) >= 11 is 1.06. The van der Waals surface area contributed by atoms with E-state index in [4.69, 9.17) is 10.1 Å². The molecule has 0 spiro atoms. The molecule has 2 N–H and O–H groups in total. The Balaban J connectivity index is 0.000000552. The lowest BCUT2D eigenvalue weighted by Gasteiger charge is -2.26. The number of nitro groups is 1. The molecule has 3 heterocycles. The van der Waals surface area contributed by atoms with Gasteiger partial charge in [-0.2, -0.15) is 0 Å². The van der Waals surface area contributed by atoms with E-state index in [1.807, 2.05) is 0 Å². The van der Waals surface area contributed by atoms with Crippen molar-refractivity contribution in [3.8, 4) is 0 Å². The van der Waals surface area contributed by atoms with E-state index in [-0.39, 0.29) is 27.0 Å². The number of sulfonamides is 1. The van der Waals surface area contributed by atoms with E-state index in [0.29, 0.717) is 0 Å². The highest BCUT2D eigenvalue weighted by atomic mass is 32.2. The van der Waals surface area contributed by atoms with Crippen LogP contribution in [-0.2, 0) is 14.8 Å². The summed E-state index contributed by atoms with van der Waals surface area (Å²) in [5.74, 6) is -0.854. The van der Waals surface area contributed by atoms with Crippen molar-refractivity contribution in [2.24, 2.45) is 0 Å². The smallest absolute Gasteiger partial charge is 0.278 e. The van der Waals surface area contributed by atoms with Crippen LogP contribution < -0.4 is 5.32 Å². The van der Waals surface area contributed by atoms with Gasteiger partial charge in [0.25, 0.3) is 15.9 Å². The van der Waals surface area contributed by atoms with Crippen LogP contribution in [0.3, 0.4) is 0 Å². The van der Waals surface area contributed by atoms with Crippen LogP contribution in [0.4, 0.5) is 5.82 Å². The number of rotatable bonds is 2. The highest BCUT2D eigenvalue weighted by Gasteiger charge is 2.38. The fourth-order valence-corrected chi connectivity index (χ4v) is 4.62. The molecule has 0 fully saturated rings. The molecule has 0 aliphatic carbocycles. The Morgan fingerprint density at radius 1 is 1.38 bits per heavy atom. The molecular weight excluding hydrogens is 384 g/mol. The van der Waals surface area contributed by atoms with E-state index in [1.165, 1.54) is 19.3 Å². The number of aromatic nitrogens is 1. The zero-order valence-electron chi connectivity index (χ0n) is 13.6. The van der Waals surface area contributed by atoms with E-state index < -0.39 is 20.9 Å². The lowest BCUT2D eigenvalue weighted by molar-refractivity contribution is -0.445. The number of hydrogen-bond acceptors (Lipinski definition) is 8. The zero-order chi connectivity index (χ0) is 19.5. The summed E-state index contributed by atoms with van der Waals surface area (Å²) in [5.41, 5.74) is -0.333.